The summed E-state index contributed by atoms with van der Waals surface area (Å²) in [6, 6.07) is 13.8. The van der Waals surface area contributed by atoms with Crippen molar-refractivity contribution >= 4 is 28.4 Å². The van der Waals surface area contributed by atoms with E-state index in [0.29, 0.717) is 6.54 Å². The monoisotopic (exact) mass is 359 g/mol. The fourth-order valence-electron chi connectivity index (χ4n) is 2.49. The molecule has 0 aliphatic rings. The molecule has 0 bridgehead atoms. The van der Waals surface area contributed by atoms with E-state index in [1.54, 1.807) is 17.0 Å². The lowest BCUT2D eigenvalue weighted by Gasteiger charge is -2.21. The third-order valence-electron chi connectivity index (χ3n) is 3.74. The van der Waals surface area contributed by atoms with Crippen LogP contribution in [0.4, 0.5) is 5.69 Å². The Morgan fingerprint density at radius 3 is 2.36 bits per heavy atom. The van der Waals surface area contributed by atoms with Gasteiger partial charge in [-0.25, -0.2) is 4.79 Å². The maximum Gasteiger partial charge on any atom is 0.335 e. The van der Waals surface area contributed by atoms with Crippen molar-refractivity contribution < 1.29 is 18.9 Å². The Morgan fingerprint density at radius 2 is 1.80 bits per heavy atom. The summed E-state index contributed by atoms with van der Waals surface area (Å²) in [6.07, 6.45) is 0. The number of carbonyl (C=O) groups excluding carboxylic acids is 1. The predicted octanol–water partition coefficient (Wildman–Crippen LogP) is 3.00. The van der Waals surface area contributed by atoms with E-state index in [1.807, 2.05) is 38.1 Å². The minimum atomic E-state index is -1.36. The van der Waals surface area contributed by atoms with E-state index in [0.717, 1.165) is 16.8 Å². The number of nitrogens with zero attached hydrogens (tertiary/aromatic N) is 1. The highest BCUT2D eigenvalue weighted by atomic mass is 32.2. The summed E-state index contributed by atoms with van der Waals surface area (Å²) >= 11 is 0. The van der Waals surface area contributed by atoms with Gasteiger partial charge in [-0.05, 0) is 49.2 Å². The number of benzene rings is 2. The van der Waals surface area contributed by atoms with Crippen LogP contribution in [-0.4, -0.2) is 33.5 Å². The van der Waals surface area contributed by atoms with Gasteiger partial charge in [-0.3, -0.25) is 9.00 Å². The van der Waals surface area contributed by atoms with Crippen LogP contribution in [0.1, 0.15) is 28.4 Å². The molecule has 5 nitrogen and oxygen atoms in total. The quantitative estimate of drug-likeness (QED) is 0.825. The van der Waals surface area contributed by atoms with Crippen LogP contribution < -0.4 is 4.90 Å². The number of hydrogen-bond donors (Lipinski definition) is 1. The third kappa shape index (κ3) is 5.26. The molecule has 0 saturated heterocycles. The minimum Gasteiger partial charge on any atom is -0.478 e. The molecule has 2 aromatic rings. The number of carboxylic acids is 1. The van der Waals surface area contributed by atoms with Crippen LogP contribution in [0.3, 0.4) is 0 Å². The molecule has 2 aromatic carbocycles. The molecule has 1 amide bonds. The molecule has 0 heterocycles. The molecular formula is C19H21NO4S. The molecule has 1 atom stereocenters. The van der Waals surface area contributed by atoms with Gasteiger partial charge in [-0.1, -0.05) is 24.3 Å². The Hall–Kier alpha value is -2.47. The highest BCUT2D eigenvalue weighted by Gasteiger charge is 2.17. The largest absolute Gasteiger partial charge is 0.478 e. The summed E-state index contributed by atoms with van der Waals surface area (Å²) < 4.78 is 12.3. The number of amides is 1. The molecule has 132 valence electrons. The van der Waals surface area contributed by atoms with Gasteiger partial charge < -0.3 is 10.0 Å². The standard InChI is InChI=1S/C19H21NO4S/c1-3-20(17-6-4-5-14(2)11-17)18(21)13-25(24)12-15-7-9-16(10-8-15)19(22)23/h4-11H,3,12-13H2,1-2H3,(H,22,23). The van der Waals surface area contributed by atoms with Gasteiger partial charge in [0.25, 0.3) is 0 Å². The SMILES string of the molecule is CCN(C(=O)CS(=O)Cc1ccc(C(=O)O)cc1)c1cccc(C)c1. The molecule has 0 aromatic heterocycles. The van der Waals surface area contributed by atoms with E-state index in [-0.39, 0.29) is 23.0 Å². The van der Waals surface area contributed by atoms with Crippen molar-refractivity contribution in [2.24, 2.45) is 0 Å². The summed E-state index contributed by atoms with van der Waals surface area (Å²) in [5, 5.41) is 8.88. The van der Waals surface area contributed by atoms with Crippen LogP contribution in [0.2, 0.25) is 0 Å². The van der Waals surface area contributed by atoms with E-state index < -0.39 is 16.8 Å². The van der Waals surface area contributed by atoms with Gasteiger partial charge in [0.05, 0.1) is 5.56 Å². The summed E-state index contributed by atoms with van der Waals surface area (Å²) in [5.74, 6) is -1.03. The van der Waals surface area contributed by atoms with Crippen LogP contribution in [-0.2, 0) is 21.3 Å². The molecule has 0 fully saturated rings. The second-order valence-corrected chi connectivity index (χ2v) is 7.16. The van der Waals surface area contributed by atoms with E-state index in [2.05, 4.69) is 0 Å². The van der Waals surface area contributed by atoms with Crippen molar-refractivity contribution in [1.82, 2.24) is 0 Å². The Kier molecular flexibility index (Phi) is 6.47. The van der Waals surface area contributed by atoms with Gasteiger partial charge in [0.1, 0.15) is 5.75 Å². The molecule has 1 N–H and O–H groups in total. The highest BCUT2D eigenvalue weighted by molar-refractivity contribution is 7.84. The molecule has 25 heavy (non-hydrogen) atoms. The van der Waals surface area contributed by atoms with Crippen molar-refractivity contribution in [3.8, 4) is 0 Å². The molecule has 0 saturated carbocycles. The first-order chi connectivity index (χ1) is 11.9. The number of hydrogen-bond acceptors (Lipinski definition) is 3. The summed E-state index contributed by atoms with van der Waals surface area (Å²) in [4.78, 5) is 24.9. The Bertz CT molecular complexity index is 786. The average molecular weight is 359 g/mol. The van der Waals surface area contributed by atoms with Crippen molar-refractivity contribution in [3.05, 3.63) is 65.2 Å². The second kappa shape index (κ2) is 8.58. The smallest absolute Gasteiger partial charge is 0.335 e. The van der Waals surface area contributed by atoms with E-state index in [1.165, 1.54) is 12.1 Å². The maximum atomic E-state index is 12.5. The fourth-order valence-corrected chi connectivity index (χ4v) is 3.59. The molecule has 0 radical (unpaired) electrons. The van der Waals surface area contributed by atoms with Gasteiger partial charge in [0.2, 0.25) is 5.91 Å². The van der Waals surface area contributed by atoms with Gasteiger partial charge in [-0.15, -0.1) is 0 Å². The molecule has 0 aliphatic carbocycles. The first-order valence-corrected chi connectivity index (χ1v) is 9.43. The Balaban J connectivity index is 2.01. The van der Waals surface area contributed by atoms with Crippen LogP contribution >= 0.6 is 0 Å². The van der Waals surface area contributed by atoms with Crippen LogP contribution in [0.15, 0.2) is 48.5 Å². The van der Waals surface area contributed by atoms with Crippen molar-refractivity contribution in [1.29, 1.82) is 0 Å². The summed E-state index contributed by atoms with van der Waals surface area (Å²) in [5.41, 5.74) is 2.79. The normalized spacial score (nSPS) is 11.8. The van der Waals surface area contributed by atoms with Crippen molar-refractivity contribution in [2.75, 3.05) is 17.2 Å². The number of carbonyl (C=O) groups is 2. The number of aryl methyl sites for hydroxylation is 1. The van der Waals surface area contributed by atoms with E-state index >= 15 is 0 Å². The van der Waals surface area contributed by atoms with E-state index in [9.17, 15) is 13.8 Å². The molecule has 0 aliphatic heterocycles. The number of carboxylic acid groups (broad SMARTS) is 1. The highest BCUT2D eigenvalue weighted by Crippen LogP contribution is 2.16. The predicted molar refractivity (Wildman–Crippen MR) is 99.3 cm³/mol. The number of rotatable bonds is 7. The Labute approximate surface area is 149 Å². The summed E-state index contributed by atoms with van der Waals surface area (Å²) in [7, 11) is -1.36. The van der Waals surface area contributed by atoms with Gasteiger partial charge >= 0.3 is 5.97 Å². The van der Waals surface area contributed by atoms with Gasteiger partial charge in [0, 0.05) is 28.8 Å². The molecule has 0 spiro atoms. The van der Waals surface area contributed by atoms with Gasteiger partial charge in [0.15, 0.2) is 0 Å². The second-order valence-electron chi connectivity index (χ2n) is 5.71. The lowest BCUT2D eigenvalue weighted by atomic mass is 10.1. The fraction of sp³-hybridized carbons (Fsp3) is 0.263. The molecule has 6 heteroatoms. The van der Waals surface area contributed by atoms with E-state index in [4.69, 9.17) is 5.11 Å². The van der Waals surface area contributed by atoms with Crippen LogP contribution in [0.5, 0.6) is 0 Å². The number of aromatic carboxylic acids is 1. The molecule has 2 rings (SSSR count). The zero-order chi connectivity index (χ0) is 18.4. The summed E-state index contributed by atoms with van der Waals surface area (Å²) in [6.45, 7) is 4.35. The maximum absolute atomic E-state index is 12.5. The average Bonchev–Trinajstić information content (AvgIpc) is 2.56. The minimum absolute atomic E-state index is 0.0670. The first kappa shape index (κ1) is 18.9. The zero-order valence-electron chi connectivity index (χ0n) is 14.3. The lowest BCUT2D eigenvalue weighted by Crippen LogP contribution is -2.34. The van der Waals surface area contributed by atoms with Crippen LogP contribution in [0.25, 0.3) is 0 Å². The van der Waals surface area contributed by atoms with Crippen LogP contribution in [0, 0.1) is 6.92 Å². The topological polar surface area (TPSA) is 74.7 Å². The molecular weight excluding hydrogens is 338 g/mol. The van der Waals surface area contributed by atoms with Crippen molar-refractivity contribution in [2.45, 2.75) is 19.6 Å². The number of anilines is 1. The molecule has 1 unspecified atom stereocenters. The van der Waals surface area contributed by atoms with Crippen molar-refractivity contribution in [3.63, 3.8) is 0 Å². The first-order valence-electron chi connectivity index (χ1n) is 7.95. The Morgan fingerprint density at radius 1 is 1.12 bits per heavy atom. The van der Waals surface area contributed by atoms with Gasteiger partial charge in [-0.2, -0.15) is 0 Å². The lowest BCUT2D eigenvalue weighted by molar-refractivity contribution is -0.116. The third-order valence-corrected chi connectivity index (χ3v) is 4.97. The zero-order valence-corrected chi connectivity index (χ0v) is 15.1.